The summed E-state index contributed by atoms with van der Waals surface area (Å²) in [6.45, 7) is 0.675. The molecule has 2 aromatic carbocycles. The Hall–Kier alpha value is -3.18. The van der Waals surface area contributed by atoms with Crippen LogP contribution in [0.1, 0.15) is 21.5 Å². The predicted octanol–water partition coefficient (Wildman–Crippen LogP) is 5.35. The minimum absolute atomic E-state index is 0.184. The minimum atomic E-state index is -0.184. The van der Waals surface area contributed by atoms with E-state index in [9.17, 15) is 4.79 Å². The van der Waals surface area contributed by atoms with Crippen LogP contribution in [-0.2, 0) is 6.54 Å². The van der Waals surface area contributed by atoms with Crippen molar-refractivity contribution in [3.05, 3.63) is 77.7 Å². The van der Waals surface area contributed by atoms with Gasteiger partial charge in [0.05, 0.1) is 18.4 Å². The Morgan fingerprint density at radius 3 is 2.92 bits per heavy atom. The number of rotatable bonds is 3. The quantitative estimate of drug-likeness (QED) is 0.537. The lowest BCUT2D eigenvalue weighted by atomic mass is 10.00. The smallest absolute Gasteiger partial charge is 0.258 e. The van der Waals surface area contributed by atoms with E-state index in [1.807, 2.05) is 24.4 Å². The van der Waals surface area contributed by atoms with Gasteiger partial charge in [-0.2, -0.15) is 0 Å². The summed E-state index contributed by atoms with van der Waals surface area (Å²) in [6, 6.07) is 16.2. The Morgan fingerprint density at radius 2 is 2.08 bits per heavy atom. The van der Waals surface area contributed by atoms with Gasteiger partial charge in [-0.05, 0) is 46.8 Å². The van der Waals surface area contributed by atoms with Crippen molar-refractivity contribution in [3.63, 3.8) is 0 Å². The van der Waals surface area contributed by atoms with E-state index in [1.165, 1.54) is 33.1 Å². The van der Waals surface area contributed by atoms with Crippen molar-refractivity contribution >= 4 is 39.2 Å². The first-order valence-electron chi connectivity index (χ1n) is 8.27. The molecule has 3 heterocycles. The lowest BCUT2D eigenvalue weighted by Crippen LogP contribution is -2.11. The standard InChI is InChI=1S/C21H14N2O2S/c24-21(14-5-6-25-12-14)23-16-7-15-10-22-11-18(15)17(9-16)20-8-13-3-1-2-4-19(13)26-20/h1-10,12H,11H2,(H,23,24). The van der Waals surface area contributed by atoms with Crippen LogP contribution in [0.5, 0.6) is 0 Å². The number of anilines is 1. The molecule has 5 heteroatoms. The number of carbonyl (C=O) groups excluding carboxylic acids is 1. The third-order valence-electron chi connectivity index (χ3n) is 4.50. The van der Waals surface area contributed by atoms with E-state index in [0.717, 1.165) is 16.8 Å². The highest BCUT2D eigenvalue weighted by Crippen LogP contribution is 2.39. The second-order valence-electron chi connectivity index (χ2n) is 6.18. The van der Waals surface area contributed by atoms with Gasteiger partial charge >= 0.3 is 0 Å². The van der Waals surface area contributed by atoms with Crippen molar-refractivity contribution in [1.29, 1.82) is 0 Å². The number of benzene rings is 2. The van der Waals surface area contributed by atoms with Gasteiger partial charge in [0, 0.05) is 27.0 Å². The molecule has 0 bridgehead atoms. The van der Waals surface area contributed by atoms with Crippen molar-refractivity contribution in [3.8, 4) is 10.4 Å². The second kappa shape index (κ2) is 5.97. The zero-order valence-electron chi connectivity index (χ0n) is 13.7. The number of aliphatic imine (C=N–C) groups is 1. The molecule has 4 aromatic rings. The molecule has 1 amide bonds. The Bertz CT molecular complexity index is 1120. The zero-order valence-corrected chi connectivity index (χ0v) is 14.5. The number of hydrogen-bond acceptors (Lipinski definition) is 4. The molecular formula is C21H14N2O2S. The molecule has 0 spiro atoms. The maximum absolute atomic E-state index is 12.4. The number of fused-ring (bicyclic) bond motifs is 2. The lowest BCUT2D eigenvalue weighted by molar-refractivity contribution is 0.102. The van der Waals surface area contributed by atoms with Gasteiger partial charge in [0.2, 0.25) is 0 Å². The largest absolute Gasteiger partial charge is 0.472 e. The summed E-state index contributed by atoms with van der Waals surface area (Å²) in [7, 11) is 0. The molecule has 0 unspecified atom stereocenters. The highest BCUT2D eigenvalue weighted by atomic mass is 32.1. The normalized spacial score (nSPS) is 12.5. The summed E-state index contributed by atoms with van der Waals surface area (Å²) >= 11 is 1.76. The molecule has 0 atom stereocenters. The van der Waals surface area contributed by atoms with Crippen LogP contribution in [0.4, 0.5) is 5.69 Å². The Morgan fingerprint density at radius 1 is 1.15 bits per heavy atom. The van der Waals surface area contributed by atoms with E-state index in [2.05, 4.69) is 34.6 Å². The van der Waals surface area contributed by atoms with Gasteiger partial charge in [0.15, 0.2) is 0 Å². The number of furan rings is 1. The van der Waals surface area contributed by atoms with Crippen LogP contribution in [0.2, 0.25) is 0 Å². The van der Waals surface area contributed by atoms with Crippen LogP contribution < -0.4 is 5.32 Å². The molecule has 0 saturated carbocycles. The molecule has 5 rings (SSSR count). The molecule has 4 nitrogen and oxygen atoms in total. The highest BCUT2D eigenvalue weighted by Gasteiger charge is 2.18. The highest BCUT2D eigenvalue weighted by molar-refractivity contribution is 7.22. The van der Waals surface area contributed by atoms with Crippen LogP contribution >= 0.6 is 11.3 Å². The number of nitrogens with zero attached hydrogens (tertiary/aromatic N) is 1. The van der Waals surface area contributed by atoms with E-state index in [1.54, 1.807) is 17.4 Å². The van der Waals surface area contributed by atoms with Crippen LogP contribution in [0.3, 0.4) is 0 Å². The number of nitrogens with one attached hydrogen (secondary N) is 1. The Labute approximate surface area is 153 Å². The molecule has 1 aliphatic rings. The molecule has 0 fully saturated rings. The van der Waals surface area contributed by atoms with E-state index < -0.39 is 0 Å². The number of amides is 1. The molecule has 1 aliphatic heterocycles. The van der Waals surface area contributed by atoms with Gasteiger partial charge in [-0.1, -0.05) is 18.2 Å². The Kier molecular flexibility index (Phi) is 3.47. The topological polar surface area (TPSA) is 54.6 Å². The average Bonchev–Trinajstić information content (AvgIpc) is 3.39. The fraction of sp³-hybridized carbons (Fsp3) is 0.0476. The van der Waals surface area contributed by atoms with Gasteiger partial charge in [-0.15, -0.1) is 11.3 Å². The SMILES string of the molecule is O=C(Nc1cc2c(c(-c3cc4ccccc4s3)c1)CN=C2)c1ccoc1. The number of carbonyl (C=O) groups is 1. The van der Waals surface area contributed by atoms with Crippen LogP contribution in [0.15, 0.2) is 70.5 Å². The monoisotopic (exact) mass is 358 g/mol. The zero-order chi connectivity index (χ0) is 17.5. The molecule has 26 heavy (non-hydrogen) atoms. The van der Waals surface area contributed by atoms with Crippen LogP contribution in [0, 0.1) is 0 Å². The summed E-state index contributed by atoms with van der Waals surface area (Å²) in [5, 5.41) is 4.19. The average molecular weight is 358 g/mol. The summed E-state index contributed by atoms with van der Waals surface area (Å²) < 4.78 is 6.25. The van der Waals surface area contributed by atoms with E-state index in [-0.39, 0.29) is 5.91 Å². The predicted molar refractivity (Wildman–Crippen MR) is 105 cm³/mol. The van der Waals surface area contributed by atoms with Crippen molar-refractivity contribution in [2.45, 2.75) is 6.54 Å². The summed E-state index contributed by atoms with van der Waals surface area (Å²) in [5.41, 5.74) is 4.65. The number of thiophene rings is 1. The van der Waals surface area contributed by atoms with Crippen molar-refractivity contribution in [1.82, 2.24) is 0 Å². The van der Waals surface area contributed by atoms with Gasteiger partial charge in [0.1, 0.15) is 6.26 Å². The van der Waals surface area contributed by atoms with Gasteiger partial charge in [-0.25, -0.2) is 0 Å². The Balaban J connectivity index is 1.59. The third kappa shape index (κ3) is 2.53. The minimum Gasteiger partial charge on any atom is -0.472 e. The molecular weight excluding hydrogens is 344 g/mol. The fourth-order valence-corrected chi connectivity index (χ4v) is 4.33. The lowest BCUT2D eigenvalue weighted by Gasteiger charge is -2.11. The molecule has 0 aliphatic carbocycles. The summed E-state index contributed by atoms with van der Waals surface area (Å²) in [5.74, 6) is -0.184. The van der Waals surface area contributed by atoms with Crippen LogP contribution in [-0.4, -0.2) is 12.1 Å². The van der Waals surface area contributed by atoms with Gasteiger partial charge in [0.25, 0.3) is 5.91 Å². The maximum Gasteiger partial charge on any atom is 0.258 e. The third-order valence-corrected chi connectivity index (χ3v) is 5.65. The van der Waals surface area contributed by atoms with Crippen molar-refractivity contribution in [2.75, 3.05) is 5.32 Å². The fourth-order valence-electron chi connectivity index (χ4n) is 3.22. The van der Waals surface area contributed by atoms with E-state index >= 15 is 0 Å². The number of hydrogen-bond donors (Lipinski definition) is 1. The first kappa shape index (κ1) is 15.1. The maximum atomic E-state index is 12.4. The second-order valence-corrected chi connectivity index (χ2v) is 7.26. The first-order chi connectivity index (χ1) is 12.8. The van der Waals surface area contributed by atoms with E-state index in [0.29, 0.717) is 12.1 Å². The van der Waals surface area contributed by atoms with Crippen molar-refractivity contribution < 1.29 is 9.21 Å². The molecule has 126 valence electrons. The van der Waals surface area contributed by atoms with Gasteiger partial charge < -0.3 is 9.73 Å². The van der Waals surface area contributed by atoms with Crippen molar-refractivity contribution in [2.24, 2.45) is 4.99 Å². The van der Waals surface area contributed by atoms with E-state index in [4.69, 9.17) is 4.42 Å². The molecule has 0 saturated heterocycles. The molecule has 1 N–H and O–H groups in total. The molecule has 2 aromatic heterocycles. The summed E-state index contributed by atoms with van der Waals surface area (Å²) in [4.78, 5) is 18.0. The van der Waals surface area contributed by atoms with Gasteiger partial charge in [-0.3, -0.25) is 9.79 Å². The first-order valence-corrected chi connectivity index (χ1v) is 9.09. The summed E-state index contributed by atoms with van der Waals surface area (Å²) in [6.07, 6.45) is 4.81. The molecule has 0 radical (unpaired) electrons. The van der Waals surface area contributed by atoms with Crippen LogP contribution in [0.25, 0.3) is 20.5 Å².